The number of hydrogen-bond donors (Lipinski definition) is 0. The number of fused-ring (bicyclic) bond motifs is 1. The summed E-state index contributed by atoms with van der Waals surface area (Å²) in [7, 11) is 0. The number of carbonyl (C=O) groups excluding carboxylic acids is 1. The topological polar surface area (TPSA) is 35.5 Å². The Morgan fingerprint density at radius 3 is 2.35 bits per heavy atom. The van der Waals surface area contributed by atoms with Crippen molar-refractivity contribution in [2.45, 2.75) is 33.1 Å². The molecule has 0 bridgehead atoms. The molecule has 0 spiro atoms. The van der Waals surface area contributed by atoms with Gasteiger partial charge in [0.15, 0.2) is 6.61 Å². The Morgan fingerprint density at radius 2 is 1.65 bits per heavy atom. The van der Waals surface area contributed by atoms with Crippen molar-refractivity contribution in [3.05, 3.63) is 71.8 Å². The highest BCUT2D eigenvalue weighted by molar-refractivity contribution is 5.84. The molecule has 0 saturated carbocycles. The molecule has 0 N–H and O–H groups in total. The number of benzene rings is 3. The van der Waals surface area contributed by atoms with Crippen molar-refractivity contribution in [1.82, 2.24) is 0 Å². The summed E-state index contributed by atoms with van der Waals surface area (Å²) in [5, 5.41) is 2.21. The van der Waals surface area contributed by atoms with Gasteiger partial charge in [0.25, 0.3) is 0 Å². The highest BCUT2D eigenvalue weighted by atomic mass is 16.6. The van der Waals surface area contributed by atoms with Crippen molar-refractivity contribution >= 4 is 16.7 Å². The van der Waals surface area contributed by atoms with E-state index in [0.717, 1.165) is 16.3 Å². The summed E-state index contributed by atoms with van der Waals surface area (Å²) < 4.78 is 11.0. The average molecular weight is 348 g/mol. The quantitative estimate of drug-likeness (QED) is 0.466. The maximum atomic E-state index is 12.1. The van der Waals surface area contributed by atoms with Crippen molar-refractivity contribution < 1.29 is 14.3 Å². The first-order valence-electron chi connectivity index (χ1n) is 8.76. The molecule has 0 aliphatic rings. The minimum Gasteiger partial charge on any atom is -0.482 e. The standard InChI is InChI=1S/C23H24O3/c1-16-13-19(23(2,3)4)10-12-21(16)26-22(24)15-25-20-11-9-17-7-5-6-8-18(17)14-20/h5-14H,15H2,1-4H3. The smallest absolute Gasteiger partial charge is 0.349 e. The lowest BCUT2D eigenvalue weighted by atomic mass is 9.86. The van der Waals surface area contributed by atoms with Crippen LogP contribution in [0.1, 0.15) is 31.9 Å². The Labute approximate surface area is 154 Å². The SMILES string of the molecule is Cc1cc(C(C)(C)C)ccc1OC(=O)COc1ccc2ccccc2c1. The highest BCUT2D eigenvalue weighted by Crippen LogP contribution is 2.27. The van der Waals surface area contributed by atoms with E-state index in [4.69, 9.17) is 9.47 Å². The second-order valence-corrected chi connectivity index (χ2v) is 7.50. The summed E-state index contributed by atoms with van der Waals surface area (Å²) in [5.41, 5.74) is 2.21. The van der Waals surface area contributed by atoms with E-state index in [9.17, 15) is 4.79 Å². The van der Waals surface area contributed by atoms with Gasteiger partial charge in [-0.15, -0.1) is 0 Å². The van der Waals surface area contributed by atoms with E-state index in [1.54, 1.807) is 0 Å². The Balaban J connectivity index is 1.63. The van der Waals surface area contributed by atoms with E-state index >= 15 is 0 Å². The molecule has 0 aliphatic carbocycles. The molecule has 0 radical (unpaired) electrons. The van der Waals surface area contributed by atoms with Crippen LogP contribution < -0.4 is 9.47 Å². The van der Waals surface area contributed by atoms with Gasteiger partial charge in [-0.25, -0.2) is 4.79 Å². The first kappa shape index (κ1) is 18.0. The van der Waals surface area contributed by atoms with Gasteiger partial charge in [-0.05, 0) is 52.4 Å². The molecule has 3 aromatic rings. The van der Waals surface area contributed by atoms with Crippen molar-refractivity contribution in [2.24, 2.45) is 0 Å². The fourth-order valence-electron chi connectivity index (χ4n) is 2.78. The average Bonchev–Trinajstić information content (AvgIpc) is 2.60. The molecule has 0 fully saturated rings. The van der Waals surface area contributed by atoms with Crippen LogP contribution in [0.3, 0.4) is 0 Å². The van der Waals surface area contributed by atoms with Crippen molar-refractivity contribution in [3.63, 3.8) is 0 Å². The third-order valence-electron chi connectivity index (χ3n) is 4.34. The molecule has 0 saturated heterocycles. The molecule has 0 heterocycles. The van der Waals surface area contributed by atoms with Gasteiger partial charge in [0.05, 0.1) is 0 Å². The van der Waals surface area contributed by atoms with Crippen LogP contribution in [-0.4, -0.2) is 12.6 Å². The van der Waals surface area contributed by atoms with Gasteiger partial charge in [-0.1, -0.05) is 63.2 Å². The van der Waals surface area contributed by atoms with Crippen LogP contribution in [0.2, 0.25) is 0 Å². The third kappa shape index (κ3) is 4.23. The maximum Gasteiger partial charge on any atom is 0.349 e. The molecule has 0 amide bonds. The molecule has 3 heteroatoms. The second-order valence-electron chi connectivity index (χ2n) is 7.50. The van der Waals surface area contributed by atoms with E-state index in [1.165, 1.54) is 5.56 Å². The summed E-state index contributed by atoms with van der Waals surface area (Å²) in [6.45, 7) is 8.29. The number of aryl methyl sites for hydroxylation is 1. The van der Waals surface area contributed by atoms with Crippen LogP contribution in [0, 0.1) is 6.92 Å². The number of rotatable bonds is 4. The molecule has 0 aromatic heterocycles. The minimum atomic E-state index is -0.412. The predicted molar refractivity (Wildman–Crippen MR) is 105 cm³/mol. The van der Waals surface area contributed by atoms with Gasteiger partial charge in [0.2, 0.25) is 0 Å². The highest BCUT2D eigenvalue weighted by Gasteiger charge is 2.16. The zero-order chi connectivity index (χ0) is 18.7. The van der Waals surface area contributed by atoms with Gasteiger partial charge in [0.1, 0.15) is 11.5 Å². The lowest BCUT2D eigenvalue weighted by Gasteiger charge is -2.20. The molecular formula is C23H24O3. The van der Waals surface area contributed by atoms with Gasteiger partial charge in [-0.2, -0.15) is 0 Å². The number of esters is 1. The number of ether oxygens (including phenoxy) is 2. The van der Waals surface area contributed by atoms with E-state index in [1.807, 2.05) is 61.5 Å². The number of hydrogen-bond acceptors (Lipinski definition) is 3. The van der Waals surface area contributed by atoms with Crippen LogP contribution in [0.4, 0.5) is 0 Å². The molecule has 0 atom stereocenters. The summed E-state index contributed by atoms with van der Waals surface area (Å²) in [4.78, 5) is 12.1. The van der Waals surface area contributed by atoms with E-state index < -0.39 is 5.97 Å². The lowest BCUT2D eigenvalue weighted by Crippen LogP contribution is -2.18. The molecular weight excluding hydrogens is 324 g/mol. The van der Waals surface area contributed by atoms with Crippen LogP contribution in [0.5, 0.6) is 11.5 Å². The Morgan fingerprint density at radius 1 is 0.923 bits per heavy atom. The summed E-state index contributed by atoms with van der Waals surface area (Å²) >= 11 is 0. The fourth-order valence-corrected chi connectivity index (χ4v) is 2.78. The Bertz CT molecular complexity index is 936. The molecule has 3 nitrogen and oxygen atoms in total. The van der Waals surface area contributed by atoms with Crippen LogP contribution in [0.25, 0.3) is 10.8 Å². The third-order valence-corrected chi connectivity index (χ3v) is 4.34. The minimum absolute atomic E-state index is 0.0620. The normalized spacial score (nSPS) is 11.4. The molecule has 134 valence electrons. The van der Waals surface area contributed by atoms with Gasteiger partial charge in [-0.3, -0.25) is 0 Å². The van der Waals surface area contributed by atoms with Gasteiger partial charge in [0, 0.05) is 0 Å². The summed E-state index contributed by atoms with van der Waals surface area (Å²) in [6, 6.07) is 19.7. The molecule has 3 rings (SSSR count). The van der Waals surface area contributed by atoms with E-state index in [0.29, 0.717) is 11.5 Å². The fraction of sp³-hybridized carbons (Fsp3) is 0.261. The molecule has 3 aromatic carbocycles. The zero-order valence-corrected chi connectivity index (χ0v) is 15.7. The van der Waals surface area contributed by atoms with Crippen LogP contribution >= 0.6 is 0 Å². The van der Waals surface area contributed by atoms with Gasteiger partial charge >= 0.3 is 5.97 Å². The maximum absolute atomic E-state index is 12.1. The van der Waals surface area contributed by atoms with E-state index in [-0.39, 0.29) is 12.0 Å². The van der Waals surface area contributed by atoms with Crippen LogP contribution in [0.15, 0.2) is 60.7 Å². The molecule has 0 unspecified atom stereocenters. The first-order chi connectivity index (χ1) is 12.3. The largest absolute Gasteiger partial charge is 0.482 e. The molecule has 26 heavy (non-hydrogen) atoms. The lowest BCUT2D eigenvalue weighted by molar-refractivity contribution is -0.136. The second kappa shape index (κ2) is 7.20. The van der Waals surface area contributed by atoms with Gasteiger partial charge < -0.3 is 9.47 Å². The summed E-state index contributed by atoms with van der Waals surface area (Å²) in [6.07, 6.45) is 0. The summed E-state index contributed by atoms with van der Waals surface area (Å²) in [5.74, 6) is 0.815. The number of carbonyl (C=O) groups is 1. The predicted octanol–water partition coefficient (Wildman–Crippen LogP) is 5.43. The van der Waals surface area contributed by atoms with E-state index in [2.05, 4.69) is 26.8 Å². The van der Waals surface area contributed by atoms with Crippen molar-refractivity contribution in [3.8, 4) is 11.5 Å². The van der Waals surface area contributed by atoms with Crippen LogP contribution in [-0.2, 0) is 10.2 Å². The Kier molecular flexibility index (Phi) is 4.99. The first-order valence-corrected chi connectivity index (χ1v) is 8.76. The van der Waals surface area contributed by atoms with Crippen molar-refractivity contribution in [2.75, 3.05) is 6.61 Å². The molecule has 0 aliphatic heterocycles. The monoisotopic (exact) mass is 348 g/mol. The zero-order valence-electron chi connectivity index (χ0n) is 15.7. The Hall–Kier alpha value is -2.81. The van der Waals surface area contributed by atoms with Crippen molar-refractivity contribution in [1.29, 1.82) is 0 Å².